The van der Waals surface area contributed by atoms with Crippen LogP contribution < -0.4 is 10.1 Å². The normalized spacial score (nSPS) is 27.2. The molecule has 0 aromatic heterocycles. The van der Waals surface area contributed by atoms with Crippen molar-refractivity contribution >= 4 is 5.91 Å². The number of carbonyl (C=O) groups excluding carboxylic acids is 1. The van der Waals surface area contributed by atoms with Crippen molar-refractivity contribution in [3.05, 3.63) is 65.7 Å². The van der Waals surface area contributed by atoms with E-state index in [1.165, 1.54) is 5.56 Å². The first kappa shape index (κ1) is 21.8. The average Bonchev–Trinajstić information content (AvgIpc) is 3.32. The van der Waals surface area contributed by atoms with Gasteiger partial charge in [0.1, 0.15) is 5.75 Å². The van der Waals surface area contributed by atoms with Gasteiger partial charge in [0.25, 0.3) is 0 Å². The number of carbonyl (C=O) groups is 1. The van der Waals surface area contributed by atoms with Crippen LogP contribution >= 0.6 is 0 Å². The highest BCUT2D eigenvalue weighted by Crippen LogP contribution is 2.38. The first-order valence-corrected chi connectivity index (χ1v) is 11.4. The van der Waals surface area contributed by atoms with Gasteiger partial charge in [-0.15, -0.1) is 0 Å². The van der Waals surface area contributed by atoms with Gasteiger partial charge in [0.15, 0.2) is 0 Å². The molecule has 3 atom stereocenters. The number of methoxy groups -OCH3 is 1. The monoisotopic (exact) mass is 422 g/mol. The Balaban J connectivity index is 1.63. The number of piperidine rings is 1. The lowest BCUT2D eigenvalue weighted by Gasteiger charge is -2.49. The first-order chi connectivity index (χ1) is 15.0. The fourth-order valence-electron chi connectivity index (χ4n) is 5.11. The molecule has 1 amide bonds. The predicted octanol–water partition coefficient (Wildman–Crippen LogP) is 4.07. The van der Waals surface area contributed by atoms with E-state index in [4.69, 9.17) is 4.74 Å². The van der Waals surface area contributed by atoms with E-state index in [-0.39, 0.29) is 23.9 Å². The van der Waals surface area contributed by atoms with E-state index >= 15 is 0 Å². The highest BCUT2D eigenvalue weighted by atomic mass is 16.5. The summed E-state index contributed by atoms with van der Waals surface area (Å²) in [6.45, 7) is 3.37. The van der Waals surface area contributed by atoms with Gasteiger partial charge < -0.3 is 15.2 Å². The van der Waals surface area contributed by atoms with Gasteiger partial charge in [-0.3, -0.25) is 9.69 Å². The Hall–Kier alpha value is -2.37. The van der Waals surface area contributed by atoms with Crippen molar-refractivity contribution in [2.75, 3.05) is 13.7 Å². The van der Waals surface area contributed by atoms with Crippen LogP contribution in [0.4, 0.5) is 0 Å². The number of hydrogen-bond donors (Lipinski definition) is 2. The van der Waals surface area contributed by atoms with Gasteiger partial charge >= 0.3 is 0 Å². The summed E-state index contributed by atoms with van der Waals surface area (Å²) in [5.74, 6) is 1.01. The highest BCUT2D eigenvalue weighted by molar-refractivity contribution is 5.79. The number of rotatable bonds is 6. The average molecular weight is 423 g/mol. The highest BCUT2D eigenvalue weighted by Gasteiger charge is 2.46. The summed E-state index contributed by atoms with van der Waals surface area (Å²) in [5, 5.41) is 14.6. The number of ether oxygens (including phenoxy) is 1. The molecule has 0 radical (unpaired) electrons. The van der Waals surface area contributed by atoms with Crippen LogP contribution in [0.2, 0.25) is 0 Å². The minimum absolute atomic E-state index is 0.0733. The van der Waals surface area contributed by atoms with Gasteiger partial charge in [-0.05, 0) is 49.4 Å². The summed E-state index contributed by atoms with van der Waals surface area (Å²) in [6.07, 6.45) is 4.75. The van der Waals surface area contributed by atoms with Crippen LogP contribution in [0, 0.1) is 5.92 Å². The Kier molecular flexibility index (Phi) is 6.63. The Morgan fingerprint density at radius 3 is 2.45 bits per heavy atom. The van der Waals surface area contributed by atoms with Crippen LogP contribution in [0.3, 0.4) is 0 Å². The fourth-order valence-corrected chi connectivity index (χ4v) is 5.11. The minimum atomic E-state index is -0.967. The quantitative estimate of drug-likeness (QED) is 0.737. The third kappa shape index (κ3) is 4.94. The smallest absolute Gasteiger partial charge is 0.223 e. The molecule has 1 saturated carbocycles. The molecule has 1 heterocycles. The summed E-state index contributed by atoms with van der Waals surface area (Å²) in [6, 6.07) is 17.9. The molecule has 3 unspecified atom stereocenters. The molecule has 5 nitrogen and oxygen atoms in total. The van der Waals surface area contributed by atoms with Crippen molar-refractivity contribution in [1.29, 1.82) is 0 Å². The zero-order valence-electron chi connectivity index (χ0n) is 18.6. The Morgan fingerprint density at radius 2 is 1.81 bits per heavy atom. The predicted molar refractivity (Wildman–Crippen MR) is 122 cm³/mol. The molecule has 0 spiro atoms. The summed E-state index contributed by atoms with van der Waals surface area (Å²) < 4.78 is 5.29. The van der Waals surface area contributed by atoms with E-state index < -0.39 is 5.60 Å². The molecule has 2 aromatic carbocycles. The molecule has 2 fully saturated rings. The number of likely N-dealkylation sites (tertiary alicyclic amines) is 1. The molecule has 2 aliphatic rings. The van der Waals surface area contributed by atoms with Crippen LogP contribution in [0.15, 0.2) is 54.6 Å². The van der Waals surface area contributed by atoms with Gasteiger partial charge in [-0.1, -0.05) is 55.3 Å². The number of amides is 1. The number of nitrogens with one attached hydrogen (secondary N) is 1. The fraction of sp³-hybridized carbons (Fsp3) is 0.500. The van der Waals surface area contributed by atoms with Crippen molar-refractivity contribution in [2.45, 2.75) is 63.3 Å². The summed E-state index contributed by atoms with van der Waals surface area (Å²) in [5.41, 5.74) is 1.34. The summed E-state index contributed by atoms with van der Waals surface area (Å²) in [7, 11) is 1.67. The first-order valence-electron chi connectivity index (χ1n) is 11.4. The molecule has 166 valence electrons. The lowest BCUT2D eigenvalue weighted by molar-refractivity contribution is -0.132. The van der Waals surface area contributed by atoms with Gasteiger partial charge in [0.05, 0.1) is 24.8 Å². The lowest BCUT2D eigenvalue weighted by atomic mass is 9.79. The third-order valence-corrected chi connectivity index (χ3v) is 6.99. The maximum absolute atomic E-state index is 13.1. The van der Waals surface area contributed by atoms with Crippen molar-refractivity contribution in [1.82, 2.24) is 10.2 Å². The molecule has 1 aliphatic carbocycles. The SMILES string of the molecule is COc1ccc(CN2CCC(C)(O)C(NC(=O)C3CCCC3)C2c2ccccc2)cc1. The number of nitrogens with zero attached hydrogens (tertiary/aromatic N) is 1. The number of benzene rings is 2. The van der Waals surface area contributed by atoms with Crippen LogP contribution in [-0.4, -0.2) is 41.2 Å². The standard InChI is InChI=1S/C26H34N2O3/c1-26(30)16-17-28(18-19-12-14-22(31-2)15-13-19)23(20-8-4-3-5-9-20)24(26)27-25(29)21-10-6-7-11-21/h3-5,8-9,12-15,21,23-24,30H,6-7,10-11,16-18H2,1-2H3,(H,27,29). The van der Waals surface area contributed by atoms with Gasteiger partial charge in [-0.25, -0.2) is 0 Å². The molecule has 1 aliphatic heterocycles. The summed E-state index contributed by atoms with van der Waals surface area (Å²) in [4.78, 5) is 15.4. The Labute approximate surface area is 185 Å². The van der Waals surface area contributed by atoms with E-state index in [2.05, 4.69) is 34.5 Å². The molecule has 1 saturated heterocycles. The van der Waals surface area contributed by atoms with E-state index in [1.807, 2.05) is 37.3 Å². The van der Waals surface area contributed by atoms with Crippen molar-refractivity contribution in [3.8, 4) is 5.75 Å². The molecular weight excluding hydrogens is 388 g/mol. The topological polar surface area (TPSA) is 61.8 Å². The van der Waals surface area contributed by atoms with Gasteiger partial charge in [0.2, 0.25) is 5.91 Å². The zero-order chi connectivity index (χ0) is 21.8. The van der Waals surface area contributed by atoms with Crippen LogP contribution in [0.1, 0.15) is 56.2 Å². The zero-order valence-corrected chi connectivity index (χ0v) is 18.6. The molecular formula is C26H34N2O3. The lowest BCUT2D eigenvalue weighted by Crippen LogP contribution is -2.62. The van der Waals surface area contributed by atoms with Gasteiger partial charge in [-0.2, -0.15) is 0 Å². The molecule has 4 rings (SSSR count). The Morgan fingerprint density at radius 1 is 1.13 bits per heavy atom. The second-order valence-corrected chi connectivity index (χ2v) is 9.25. The second-order valence-electron chi connectivity index (χ2n) is 9.25. The second kappa shape index (κ2) is 9.41. The number of aliphatic hydroxyl groups is 1. The van der Waals surface area contributed by atoms with E-state index in [9.17, 15) is 9.90 Å². The van der Waals surface area contributed by atoms with E-state index in [0.29, 0.717) is 6.42 Å². The van der Waals surface area contributed by atoms with Crippen molar-refractivity contribution in [3.63, 3.8) is 0 Å². The molecule has 5 heteroatoms. The van der Waals surface area contributed by atoms with Crippen LogP contribution in [0.5, 0.6) is 5.75 Å². The Bertz CT molecular complexity index is 860. The maximum atomic E-state index is 13.1. The molecule has 31 heavy (non-hydrogen) atoms. The van der Waals surface area contributed by atoms with Gasteiger partial charge in [0, 0.05) is 19.0 Å². The van der Waals surface area contributed by atoms with E-state index in [0.717, 1.165) is 50.1 Å². The molecule has 2 aromatic rings. The van der Waals surface area contributed by atoms with Crippen LogP contribution in [-0.2, 0) is 11.3 Å². The molecule has 2 N–H and O–H groups in total. The largest absolute Gasteiger partial charge is 0.497 e. The number of hydrogen-bond acceptors (Lipinski definition) is 4. The maximum Gasteiger partial charge on any atom is 0.223 e. The van der Waals surface area contributed by atoms with Crippen molar-refractivity contribution < 1.29 is 14.6 Å². The summed E-state index contributed by atoms with van der Waals surface area (Å²) >= 11 is 0. The molecule has 0 bridgehead atoms. The van der Waals surface area contributed by atoms with E-state index in [1.54, 1.807) is 7.11 Å². The van der Waals surface area contributed by atoms with Crippen LogP contribution in [0.25, 0.3) is 0 Å². The van der Waals surface area contributed by atoms with Crippen molar-refractivity contribution in [2.24, 2.45) is 5.92 Å². The minimum Gasteiger partial charge on any atom is -0.497 e. The third-order valence-electron chi connectivity index (χ3n) is 6.99.